The van der Waals surface area contributed by atoms with Gasteiger partial charge in [0, 0.05) is 25.8 Å². The second kappa shape index (κ2) is 6.82. The van der Waals surface area contributed by atoms with Crippen LogP contribution in [0.2, 0.25) is 0 Å². The molecule has 0 radical (unpaired) electrons. The molecule has 2 N–H and O–H groups in total. The molecule has 0 unspecified atom stereocenters. The molecule has 24 heavy (non-hydrogen) atoms. The number of rotatable bonds is 5. The van der Waals surface area contributed by atoms with Crippen molar-refractivity contribution in [3.8, 4) is 11.5 Å². The Hall–Kier alpha value is -3.35. The van der Waals surface area contributed by atoms with Crippen LogP contribution in [-0.2, 0) is 0 Å². The quantitative estimate of drug-likeness (QED) is 0.558. The molecule has 1 amide bonds. The van der Waals surface area contributed by atoms with Crippen LogP contribution in [0.25, 0.3) is 11.5 Å². The van der Waals surface area contributed by atoms with Crippen molar-refractivity contribution >= 4 is 17.8 Å². The lowest BCUT2D eigenvalue weighted by Gasteiger charge is -2.11. The predicted molar refractivity (Wildman–Crippen MR) is 92.1 cm³/mol. The molecule has 2 aromatic heterocycles. The van der Waals surface area contributed by atoms with Gasteiger partial charge < -0.3 is 9.32 Å². The van der Waals surface area contributed by atoms with E-state index >= 15 is 0 Å². The molecule has 2 heterocycles. The summed E-state index contributed by atoms with van der Waals surface area (Å²) in [5, 5.41) is 10.7. The molecule has 0 saturated carbocycles. The molecule has 7 heteroatoms. The number of amides is 1. The minimum Gasteiger partial charge on any atom is -0.463 e. The number of anilines is 1. The molecule has 0 bridgehead atoms. The van der Waals surface area contributed by atoms with E-state index < -0.39 is 5.91 Å². The first-order chi connectivity index (χ1) is 11.6. The maximum Gasteiger partial charge on any atom is 0.291 e. The van der Waals surface area contributed by atoms with E-state index in [-0.39, 0.29) is 5.69 Å². The molecule has 0 aliphatic heterocycles. The van der Waals surface area contributed by atoms with E-state index in [0.29, 0.717) is 11.5 Å². The van der Waals surface area contributed by atoms with Crippen LogP contribution in [-0.4, -0.2) is 36.4 Å². The summed E-state index contributed by atoms with van der Waals surface area (Å²) in [4.78, 5) is 14.0. The summed E-state index contributed by atoms with van der Waals surface area (Å²) in [6.45, 7) is 0. The van der Waals surface area contributed by atoms with Gasteiger partial charge in [-0.05, 0) is 29.8 Å². The van der Waals surface area contributed by atoms with Gasteiger partial charge in [-0.2, -0.15) is 10.2 Å². The highest BCUT2D eigenvalue weighted by atomic mass is 16.3. The van der Waals surface area contributed by atoms with Gasteiger partial charge in [-0.15, -0.1) is 0 Å². The largest absolute Gasteiger partial charge is 0.463 e. The summed E-state index contributed by atoms with van der Waals surface area (Å²) in [6.07, 6.45) is 3.14. The summed E-state index contributed by atoms with van der Waals surface area (Å²) in [5.74, 6) is 0.219. The van der Waals surface area contributed by atoms with Crippen LogP contribution in [0, 0.1) is 0 Å². The van der Waals surface area contributed by atoms with Crippen molar-refractivity contribution < 1.29 is 9.21 Å². The molecule has 0 aliphatic carbocycles. The second-order valence-corrected chi connectivity index (χ2v) is 5.33. The number of aromatic nitrogens is 2. The van der Waals surface area contributed by atoms with Gasteiger partial charge in [0.05, 0.1) is 12.5 Å². The van der Waals surface area contributed by atoms with E-state index in [9.17, 15) is 4.79 Å². The molecular weight excluding hydrogens is 306 g/mol. The normalized spacial score (nSPS) is 10.9. The molecule has 1 aromatic carbocycles. The van der Waals surface area contributed by atoms with Crippen LogP contribution in [0.3, 0.4) is 0 Å². The van der Waals surface area contributed by atoms with Gasteiger partial charge in [-0.25, -0.2) is 5.43 Å². The third kappa shape index (κ3) is 3.52. The summed E-state index contributed by atoms with van der Waals surface area (Å²) in [6, 6.07) is 13.0. The first kappa shape index (κ1) is 15.5. The molecule has 3 aromatic rings. The Morgan fingerprint density at radius 2 is 2.08 bits per heavy atom. The Morgan fingerprint density at radius 3 is 2.75 bits per heavy atom. The Labute approximate surface area is 139 Å². The highest BCUT2D eigenvalue weighted by Gasteiger charge is 2.11. The maximum atomic E-state index is 12.0. The fraction of sp³-hybridized carbons (Fsp3) is 0.118. The Balaban J connectivity index is 1.61. The maximum absolute atomic E-state index is 12.0. The van der Waals surface area contributed by atoms with Crippen molar-refractivity contribution in [2.45, 2.75) is 0 Å². The third-order valence-electron chi connectivity index (χ3n) is 3.39. The van der Waals surface area contributed by atoms with Crippen LogP contribution in [0.15, 0.2) is 58.2 Å². The van der Waals surface area contributed by atoms with E-state index in [0.717, 1.165) is 11.3 Å². The van der Waals surface area contributed by atoms with Crippen molar-refractivity contribution in [3.05, 3.63) is 60.0 Å². The van der Waals surface area contributed by atoms with Gasteiger partial charge in [0.2, 0.25) is 0 Å². The Bertz CT molecular complexity index is 832. The van der Waals surface area contributed by atoms with Gasteiger partial charge >= 0.3 is 0 Å². The lowest BCUT2D eigenvalue weighted by molar-refractivity contribution is 0.0950. The van der Waals surface area contributed by atoms with Crippen molar-refractivity contribution in [2.75, 3.05) is 19.0 Å². The number of aromatic amines is 1. The summed E-state index contributed by atoms with van der Waals surface area (Å²) in [7, 11) is 3.95. The zero-order chi connectivity index (χ0) is 16.9. The van der Waals surface area contributed by atoms with Gasteiger partial charge in [0.15, 0.2) is 11.5 Å². The minimum atomic E-state index is -0.398. The smallest absolute Gasteiger partial charge is 0.291 e. The van der Waals surface area contributed by atoms with E-state index in [1.54, 1.807) is 30.7 Å². The first-order valence-corrected chi connectivity index (χ1v) is 7.33. The van der Waals surface area contributed by atoms with E-state index in [1.807, 2.05) is 43.3 Å². The summed E-state index contributed by atoms with van der Waals surface area (Å²) in [5.41, 5.74) is 5.30. The molecule has 0 fully saturated rings. The number of hydrogen-bond acceptors (Lipinski definition) is 5. The van der Waals surface area contributed by atoms with E-state index in [2.05, 4.69) is 20.7 Å². The number of carbonyl (C=O) groups excluding carboxylic acids is 1. The van der Waals surface area contributed by atoms with Gasteiger partial charge in [-0.1, -0.05) is 12.1 Å². The molecule has 122 valence electrons. The minimum absolute atomic E-state index is 0.238. The lowest BCUT2D eigenvalue weighted by Crippen LogP contribution is -2.18. The summed E-state index contributed by atoms with van der Waals surface area (Å²) < 4.78 is 5.24. The standard InChI is InChI=1S/C17H17N5O2/c1-22(2)13-7-5-12(6-8-13)11-18-21-17(23)15-10-14(19-20-15)16-4-3-9-24-16/h3-11H,1-2H3,(H,19,20)(H,21,23)/b18-11+. The number of carbonyl (C=O) groups is 1. The molecular formula is C17H17N5O2. The van der Waals surface area contributed by atoms with Crippen molar-refractivity contribution in [1.29, 1.82) is 0 Å². The summed E-state index contributed by atoms with van der Waals surface area (Å²) >= 11 is 0. The Kier molecular flexibility index (Phi) is 4.42. The average Bonchev–Trinajstić information content (AvgIpc) is 3.26. The predicted octanol–water partition coefficient (Wildman–Crippen LogP) is 2.50. The van der Waals surface area contributed by atoms with Gasteiger partial charge in [-0.3, -0.25) is 9.89 Å². The van der Waals surface area contributed by atoms with Crippen molar-refractivity contribution in [3.63, 3.8) is 0 Å². The lowest BCUT2D eigenvalue weighted by atomic mass is 10.2. The van der Waals surface area contributed by atoms with E-state index in [1.165, 1.54) is 0 Å². The van der Waals surface area contributed by atoms with Crippen molar-refractivity contribution in [2.24, 2.45) is 5.10 Å². The molecule has 0 saturated heterocycles. The van der Waals surface area contributed by atoms with Gasteiger partial charge in [0.25, 0.3) is 5.91 Å². The first-order valence-electron chi connectivity index (χ1n) is 7.33. The average molecular weight is 323 g/mol. The molecule has 0 aliphatic rings. The Morgan fingerprint density at radius 1 is 1.29 bits per heavy atom. The van der Waals surface area contributed by atoms with Crippen LogP contribution in [0.1, 0.15) is 16.1 Å². The van der Waals surface area contributed by atoms with Crippen LogP contribution in [0.4, 0.5) is 5.69 Å². The van der Waals surface area contributed by atoms with Crippen LogP contribution < -0.4 is 10.3 Å². The zero-order valence-corrected chi connectivity index (χ0v) is 13.4. The molecule has 3 rings (SSSR count). The highest BCUT2D eigenvalue weighted by Crippen LogP contribution is 2.17. The molecule has 0 atom stereocenters. The fourth-order valence-electron chi connectivity index (χ4n) is 2.08. The number of nitrogens with zero attached hydrogens (tertiary/aromatic N) is 3. The van der Waals surface area contributed by atoms with Crippen molar-refractivity contribution in [1.82, 2.24) is 15.6 Å². The molecule has 0 spiro atoms. The number of benzene rings is 1. The fourth-order valence-corrected chi connectivity index (χ4v) is 2.08. The topological polar surface area (TPSA) is 86.5 Å². The number of H-pyrrole nitrogens is 1. The SMILES string of the molecule is CN(C)c1ccc(/C=N/NC(=O)c2cc(-c3ccco3)[nH]n2)cc1. The number of hydrazone groups is 1. The number of nitrogens with one attached hydrogen (secondary N) is 2. The van der Waals surface area contributed by atoms with Crippen LogP contribution >= 0.6 is 0 Å². The van der Waals surface area contributed by atoms with Gasteiger partial charge in [0.1, 0.15) is 5.69 Å². The monoisotopic (exact) mass is 323 g/mol. The highest BCUT2D eigenvalue weighted by molar-refractivity contribution is 5.94. The third-order valence-corrected chi connectivity index (χ3v) is 3.39. The molecule has 7 nitrogen and oxygen atoms in total. The number of hydrogen-bond donors (Lipinski definition) is 2. The number of furan rings is 1. The second-order valence-electron chi connectivity index (χ2n) is 5.33. The zero-order valence-electron chi connectivity index (χ0n) is 13.4. The van der Waals surface area contributed by atoms with E-state index in [4.69, 9.17) is 4.42 Å². The van der Waals surface area contributed by atoms with Crippen LogP contribution in [0.5, 0.6) is 0 Å².